The van der Waals surface area contributed by atoms with Gasteiger partial charge in [0.15, 0.2) is 0 Å². The van der Waals surface area contributed by atoms with Crippen LogP contribution in [0.3, 0.4) is 0 Å². The molecule has 5 heteroatoms. The Morgan fingerprint density at radius 2 is 1.90 bits per heavy atom. The molecule has 0 aliphatic carbocycles. The van der Waals surface area contributed by atoms with Crippen molar-refractivity contribution in [1.82, 2.24) is 9.78 Å². The highest BCUT2D eigenvalue weighted by Crippen LogP contribution is 2.21. The third-order valence-corrected chi connectivity index (χ3v) is 3.25. The molecule has 0 amide bonds. The van der Waals surface area contributed by atoms with Gasteiger partial charge in [0, 0.05) is 12.3 Å². The molecule has 0 radical (unpaired) electrons. The number of rotatable bonds is 4. The molecular weight excluding hydrogens is 291 g/mol. The van der Waals surface area contributed by atoms with E-state index in [9.17, 15) is 4.39 Å². The monoisotopic (exact) mass is 302 g/mol. The Balaban J connectivity index is 1.69. The van der Waals surface area contributed by atoms with Crippen LogP contribution in [0.4, 0.5) is 4.39 Å². The standard InChI is InChI=1S/C16H12ClFN2O/c17-15-7-6-14(10-16(15)18)21-11-12-8-9-20(19-12)13-4-2-1-3-5-13/h1-10H,11H2. The highest BCUT2D eigenvalue weighted by Gasteiger charge is 2.04. The fraction of sp³-hybridized carbons (Fsp3) is 0.0625. The molecule has 0 N–H and O–H groups in total. The number of hydrogen-bond acceptors (Lipinski definition) is 2. The molecule has 106 valence electrons. The Bertz CT molecular complexity index is 743. The average Bonchev–Trinajstić information content (AvgIpc) is 2.98. The lowest BCUT2D eigenvalue weighted by Crippen LogP contribution is -1.99. The van der Waals surface area contributed by atoms with Crippen LogP contribution >= 0.6 is 11.6 Å². The van der Waals surface area contributed by atoms with Crippen molar-refractivity contribution in [2.45, 2.75) is 6.61 Å². The maximum Gasteiger partial charge on any atom is 0.145 e. The lowest BCUT2D eigenvalue weighted by Gasteiger charge is -2.05. The zero-order valence-electron chi connectivity index (χ0n) is 11.0. The van der Waals surface area contributed by atoms with Crippen LogP contribution in [-0.2, 0) is 6.61 Å². The largest absolute Gasteiger partial charge is 0.487 e. The van der Waals surface area contributed by atoms with Crippen molar-refractivity contribution in [2.24, 2.45) is 0 Å². The van der Waals surface area contributed by atoms with Gasteiger partial charge in [-0.25, -0.2) is 9.07 Å². The van der Waals surface area contributed by atoms with Crippen molar-refractivity contribution in [3.8, 4) is 11.4 Å². The van der Waals surface area contributed by atoms with Gasteiger partial charge in [-0.3, -0.25) is 0 Å². The minimum atomic E-state index is -0.496. The van der Waals surface area contributed by atoms with Crippen molar-refractivity contribution in [3.63, 3.8) is 0 Å². The Hall–Kier alpha value is -2.33. The molecule has 0 aliphatic rings. The Labute approximate surface area is 126 Å². The van der Waals surface area contributed by atoms with Crippen LogP contribution in [0.15, 0.2) is 60.8 Å². The third-order valence-electron chi connectivity index (χ3n) is 2.94. The van der Waals surface area contributed by atoms with Gasteiger partial charge in [-0.1, -0.05) is 29.8 Å². The van der Waals surface area contributed by atoms with Crippen LogP contribution in [0.5, 0.6) is 5.75 Å². The summed E-state index contributed by atoms with van der Waals surface area (Å²) in [7, 11) is 0. The van der Waals surface area contributed by atoms with E-state index in [-0.39, 0.29) is 11.6 Å². The third kappa shape index (κ3) is 3.23. The fourth-order valence-corrected chi connectivity index (χ4v) is 2.00. The van der Waals surface area contributed by atoms with Crippen LogP contribution in [0.1, 0.15) is 5.69 Å². The van der Waals surface area contributed by atoms with Gasteiger partial charge in [0.2, 0.25) is 0 Å². The highest BCUT2D eigenvalue weighted by atomic mass is 35.5. The molecule has 0 unspecified atom stereocenters. The van der Waals surface area contributed by atoms with Gasteiger partial charge in [0.1, 0.15) is 23.9 Å². The molecule has 3 nitrogen and oxygen atoms in total. The molecule has 0 fully saturated rings. The number of hydrogen-bond donors (Lipinski definition) is 0. The summed E-state index contributed by atoms with van der Waals surface area (Å²) in [4.78, 5) is 0. The van der Waals surface area contributed by atoms with Crippen LogP contribution in [0.2, 0.25) is 5.02 Å². The Kier molecular flexibility index (Phi) is 3.88. The Morgan fingerprint density at radius 3 is 2.67 bits per heavy atom. The summed E-state index contributed by atoms with van der Waals surface area (Å²) in [5.74, 6) is -0.0739. The van der Waals surface area contributed by atoms with Gasteiger partial charge in [-0.05, 0) is 30.3 Å². The van der Waals surface area contributed by atoms with Gasteiger partial charge < -0.3 is 4.74 Å². The molecule has 1 aromatic heterocycles. The Morgan fingerprint density at radius 1 is 1.10 bits per heavy atom. The smallest absolute Gasteiger partial charge is 0.145 e. The molecular formula is C16H12ClFN2O. The number of aromatic nitrogens is 2. The summed E-state index contributed by atoms with van der Waals surface area (Å²) in [5, 5.41) is 4.49. The molecule has 0 saturated heterocycles. The molecule has 0 aliphatic heterocycles. The predicted molar refractivity (Wildman–Crippen MR) is 79.3 cm³/mol. The predicted octanol–water partition coefficient (Wildman–Crippen LogP) is 4.24. The minimum absolute atomic E-state index is 0.0794. The van der Waals surface area contributed by atoms with E-state index < -0.39 is 5.82 Å². The van der Waals surface area contributed by atoms with Crippen LogP contribution in [0.25, 0.3) is 5.69 Å². The second-order valence-corrected chi connectivity index (χ2v) is 4.86. The van der Waals surface area contributed by atoms with E-state index in [1.165, 1.54) is 12.1 Å². The molecule has 0 atom stereocenters. The second-order valence-electron chi connectivity index (χ2n) is 4.45. The lowest BCUT2D eigenvalue weighted by molar-refractivity contribution is 0.299. The molecule has 3 aromatic rings. The zero-order valence-corrected chi connectivity index (χ0v) is 11.8. The van der Waals surface area contributed by atoms with Gasteiger partial charge in [-0.2, -0.15) is 5.10 Å². The summed E-state index contributed by atoms with van der Waals surface area (Å²) in [6.45, 7) is 0.265. The minimum Gasteiger partial charge on any atom is -0.487 e. The van der Waals surface area contributed by atoms with Crippen molar-refractivity contribution in [3.05, 3.63) is 77.3 Å². The number of benzene rings is 2. The number of nitrogens with zero attached hydrogens (tertiary/aromatic N) is 2. The maximum atomic E-state index is 13.3. The van der Waals surface area contributed by atoms with E-state index in [0.29, 0.717) is 5.75 Å². The topological polar surface area (TPSA) is 27.1 Å². The van der Waals surface area contributed by atoms with Crippen LogP contribution in [-0.4, -0.2) is 9.78 Å². The maximum absolute atomic E-state index is 13.3. The summed E-state index contributed by atoms with van der Waals surface area (Å²) in [6, 6.07) is 16.0. The molecule has 1 heterocycles. The molecule has 0 bridgehead atoms. The lowest BCUT2D eigenvalue weighted by atomic mass is 10.3. The first-order valence-electron chi connectivity index (χ1n) is 6.40. The average molecular weight is 303 g/mol. The number of halogens is 2. The van der Waals surface area contributed by atoms with Gasteiger partial charge >= 0.3 is 0 Å². The van der Waals surface area contributed by atoms with E-state index in [1.54, 1.807) is 10.7 Å². The van der Waals surface area contributed by atoms with Crippen molar-refractivity contribution >= 4 is 11.6 Å². The SMILES string of the molecule is Fc1cc(OCc2ccn(-c3ccccc3)n2)ccc1Cl. The quantitative estimate of drug-likeness (QED) is 0.720. The second kappa shape index (κ2) is 5.97. The molecule has 0 spiro atoms. The van der Waals surface area contributed by atoms with Crippen molar-refractivity contribution in [2.75, 3.05) is 0 Å². The zero-order chi connectivity index (χ0) is 14.7. The number of para-hydroxylation sites is 1. The summed E-state index contributed by atoms with van der Waals surface area (Å²) in [5.41, 5.74) is 1.73. The van der Waals surface area contributed by atoms with E-state index in [0.717, 1.165) is 11.4 Å². The van der Waals surface area contributed by atoms with Crippen LogP contribution < -0.4 is 4.74 Å². The van der Waals surface area contributed by atoms with E-state index in [2.05, 4.69) is 5.10 Å². The first kappa shape index (κ1) is 13.6. The van der Waals surface area contributed by atoms with E-state index >= 15 is 0 Å². The molecule has 0 saturated carbocycles. The molecule has 21 heavy (non-hydrogen) atoms. The van der Waals surface area contributed by atoms with E-state index in [4.69, 9.17) is 16.3 Å². The summed E-state index contributed by atoms with van der Waals surface area (Å²) < 4.78 is 20.6. The molecule has 2 aromatic carbocycles. The normalized spacial score (nSPS) is 10.6. The first-order valence-corrected chi connectivity index (χ1v) is 6.78. The van der Waals surface area contributed by atoms with Gasteiger partial charge in [-0.15, -0.1) is 0 Å². The van der Waals surface area contributed by atoms with Gasteiger partial charge in [0.25, 0.3) is 0 Å². The highest BCUT2D eigenvalue weighted by molar-refractivity contribution is 6.30. The van der Waals surface area contributed by atoms with Crippen molar-refractivity contribution in [1.29, 1.82) is 0 Å². The van der Waals surface area contributed by atoms with E-state index in [1.807, 2.05) is 42.6 Å². The number of ether oxygens (including phenoxy) is 1. The fourth-order valence-electron chi connectivity index (χ4n) is 1.89. The van der Waals surface area contributed by atoms with Crippen LogP contribution in [0, 0.1) is 5.82 Å². The summed E-state index contributed by atoms with van der Waals surface area (Å²) in [6.07, 6.45) is 1.86. The first-order chi connectivity index (χ1) is 10.2. The van der Waals surface area contributed by atoms with Gasteiger partial charge in [0.05, 0.1) is 10.7 Å². The summed E-state index contributed by atoms with van der Waals surface area (Å²) >= 11 is 5.62. The van der Waals surface area contributed by atoms with Crippen molar-refractivity contribution < 1.29 is 9.13 Å². The molecule has 3 rings (SSSR count).